The predicted octanol–water partition coefficient (Wildman–Crippen LogP) is 4.79. The maximum absolute atomic E-state index is 12.5. The first kappa shape index (κ1) is 13.9. The number of rotatable bonds is 3. The third-order valence-electron chi connectivity index (χ3n) is 3.88. The van der Waals surface area contributed by atoms with Gasteiger partial charge in [0.1, 0.15) is 0 Å². The number of nitrogens with zero attached hydrogens (tertiary/aromatic N) is 1. The van der Waals surface area contributed by atoms with Crippen molar-refractivity contribution in [3.63, 3.8) is 0 Å². The van der Waals surface area contributed by atoms with Crippen LogP contribution >= 0.6 is 11.6 Å². The minimum absolute atomic E-state index is 0.0931. The van der Waals surface area contributed by atoms with Gasteiger partial charge in [-0.2, -0.15) is 0 Å². The number of carbonyl (C=O) groups is 1. The van der Waals surface area contributed by atoms with Gasteiger partial charge in [0.25, 0.3) is 0 Å². The summed E-state index contributed by atoms with van der Waals surface area (Å²) in [6.07, 6.45) is 1.91. The fraction of sp³-hybridized carbons (Fsp3) is 0.167. The Bertz CT molecular complexity index is 832. The van der Waals surface area contributed by atoms with Crippen molar-refractivity contribution < 1.29 is 4.79 Å². The van der Waals surface area contributed by atoms with E-state index in [4.69, 9.17) is 11.6 Å². The number of carbonyl (C=O) groups excluding carboxylic acids is 1. The van der Waals surface area contributed by atoms with E-state index in [1.807, 2.05) is 67.1 Å². The van der Waals surface area contributed by atoms with Gasteiger partial charge in [0.05, 0.1) is 17.1 Å². The van der Waals surface area contributed by atoms with E-state index in [9.17, 15) is 4.79 Å². The van der Waals surface area contributed by atoms with E-state index in [0.29, 0.717) is 11.6 Å². The molecule has 0 saturated heterocycles. The van der Waals surface area contributed by atoms with Crippen LogP contribution in [0.4, 0.5) is 0 Å². The molecule has 0 bridgehead atoms. The summed E-state index contributed by atoms with van der Waals surface area (Å²) in [6.45, 7) is 4.37. The molecule has 3 heteroatoms. The Morgan fingerprint density at radius 2 is 1.90 bits per heavy atom. The molecule has 0 atom stereocenters. The number of Topliss-reactive ketones (excluding diaryl/α,β-unsaturated/α-hetero) is 1. The molecule has 0 aliphatic rings. The molecule has 1 aromatic heterocycles. The molecule has 21 heavy (non-hydrogen) atoms. The number of aryl methyl sites for hydroxylation is 2. The number of fused-ring (bicyclic) bond motifs is 1. The average Bonchev–Trinajstić information content (AvgIpc) is 2.86. The van der Waals surface area contributed by atoms with Gasteiger partial charge in [-0.1, -0.05) is 35.9 Å². The zero-order valence-electron chi connectivity index (χ0n) is 12.1. The molecule has 0 saturated carbocycles. The fourth-order valence-electron chi connectivity index (χ4n) is 2.51. The van der Waals surface area contributed by atoms with Gasteiger partial charge in [-0.05, 0) is 43.2 Å². The van der Waals surface area contributed by atoms with Crippen LogP contribution in [0.1, 0.15) is 21.5 Å². The molecule has 0 amide bonds. The van der Waals surface area contributed by atoms with E-state index >= 15 is 0 Å². The van der Waals surface area contributed by atoms with Crippen LogP contribution in [0.25, 0.3) is 10.9 Å². The molecule has 0 aliphatic heterocycles. The van der Waals surface area contributed by atoms with Gasteiger partial charge < -0.3 is 4.57 Å². The van der Waals surface area contributed by atoms with Crippen molar-refractivity contribution in [3.05, 3.63) is 70.4 Å². The van der Waals surface area contributed by atoms with Gasteiger partial charge in [-0.3, -0.25) is 4.79 Å². The Morgan fingerprint density at radius 3 is 2.67 bits per heavy atom. The van der Waals surface area contributed by atoms with Crippen molar-refractivity contribution in [2.45, 2.75) is 20.4 Å². The molecule has 0 fully saturated rings. The Hall–Kier alpha value is -2.06. The van der Waals surface area contributed by atoms with Gasteiger partial charge in [-0.25, -0.2) is 0 Å². The lowest BCUT2D eigenvalue weighted by molar-refractivity contribution is 0.0973. The lowest BCUT2D eigenvalue weighted by Crippen LogP contribution is -2.10. The molecular weight excluding hydrogens is 282 g/mol. The monoisotopic (exact) mass is 297 g/mol. The lowest BCUT2D eigenvalue weighted by Gasteiger charge is -2.08. The van der Waals surface area contributed by atoms with Gasteiger partial charge in [0.15, 0.2) is 5.78 Å². The summed E-state index contributed by atoms with van der Waals surface area (Å²) in [5.41, 5.74) is 3.99. The van der Waals surface area contributed by atoms with E-state index in [2.05, 4.69) is 0 Å². The van der Waals surface area contributed by atoms with Crippen molar-refractivity contribution >= 4 is 28.3 Å². The predicted molar refractivity (Wildman–Crippen MR) is 87.2 cm³/mol. The van der Waals surface area contributed by atoms with Crippen LogP contribution in [-0.4, -0.2) is 10.4 Å². The second-order valence-corrected chi connectivity index (χ2v) is 5.75. The lowest BCUT2D eigenvalue weighted by atomic mass is 10.0. The van der Waals surface area contributed by atoms with Crippen molar-refractivity contribution in [1.29, 1.82) is 0 Å². The first-order valence-corrected chi connectivity index (χ1v) is 7.28. The van der Waals surface area contributed by atoms with E-state index in [1.54, 1.807) is 0 Å². The fourth-order valence-corrected chi connectivity index (χ4v) is 2.80. The highest BCUT2D eigenvalue weighted by atomic mass is 35.5. The number of hydrogen-bond acceptors (Lipinski definition) is 1. The molecule has 0 radical (unpaired) electrons. The van der Waals surface area contributed by atoms with Crippen LogP contribution in [0.15, 0.2) is 48.7 Å². The standard InChI is InChI=1S/C18H16ClNO/c1-12-6-7-15(10-13(12)2)17(21)11-20-9-8-14-4-3-5-16(19)18(14)20/h3-10H,11H2,1-2H3. The summed E-state index contributed by atoms with van der Waals surface area (Å²) in [5.74, 6) is 0.0931. The smallest absolute Gasteiger partial charge is 0.182 e. The average molecular weight is 298 g/mol. The van der Waals surface area contributed by atoms with E-state index in [1.165, 1.54) is 5.56 Å². The highest BCUT2D eigenvalue weighted by molar-refractivity contribution is 6.35. The maximum atomic E-state index is 12.5. The van der Waals surface area contributed by atoms with Gasteiger partial charge in [-0.15, -0.1) is 0 Å². The van der Waals surface area contributed by atoms with Crippen molar-refractivity contribution in [2.75, 3.05) is 0 Å². The van der Waals surface area contributed by atoms with Crippen LogP contribution in [0.5, 0.6) is 0 Å². The largest absolute Gasteiger partial charge is 0.338 e. The Balaban J connectivity index is 1.94. The quantitative estimate of drug-likeness (QED) is 0.637. The molecule has 3 rings (SSSR count). The highest BCUT2D eigenvalue weighted by Gasteiger charge is 2.11. The summed E-state index contributed by atoms with van der Waals surface area (Å²) >= 11 is 6.25. The van der Waals surface area contributed by atoms with Crippen molar-refractivity contribution in [3.8, 4) is 0 Å². The van der Waals surface area contributed by atoms with Crippen molar-refractivity contribution in [1.82, 2.24) is 4.57 Å². The molecule has 0 N–H and O–H groups in total. The minimum atomic E-state index is 0.0931. The number of halogens is 1. The minimum Gasteiger partial charge on any atom is -0.338 e. The molecule has 0 aliphatic carbocycles. The van der Waals surface area contributed by atoms with E-state index < -0.39 is 0 Å². The summed E-state index contributed by atoms with van der Waals surface area (Å²) in [7, 11) is 0. The number of hydrogen-bond donors (Lipinski definition) is 0. The molecule has 1 heterocycles. The Morgan fingerprint density at radius 1 is 1.10 bits per heavy atom. The first-order chi connectivity index (χ1) is 10.1. The van der Waals surface area contributed by atoms with Crippen LogP contribution in [-0.2, 0) is 6.54 Å². The second-order valence-electron chi connectivity index (χ2n) is 5.34. The molecule has 0 spiro atoms. The number of aromatic nitrogens is 1. The summed E-state index contributed by atoms with van der Waals surface area (Å²) in [4.78, 5) is 12.5. The van der Waals surface area contributed by atoms with Gasteiger partial charge >= 0.3 is 0 Å². The van der Waals surface area contributed by atoms with Crippen LogP contribution < -0.4 is 0 Å². The maximum Gasteiger partial charge on any atom is 0.182 e. The Kier molecular flexibility index (Phi) is 3.56. The zero-order valence-corrected chi connectivity index (χ0v) is 12.8. The van der Waals surface area contributed by atoms with Gasteiger partial charge in [0.2, 0.25) is 0 Å². The normalized spacial score (nSPS) is 11.0. The molecule has 3 aromatic rings. The van der Waals surface area contributed by atoms with Crippen LogP contribution in [0.2, 0.25) is 5.02 Å². The van der Waals surface area contributed by atoms with E-state index in [0.717, 1.165) is 22.0 Å². The number of para-hydroxylation sites is 1. The van der Waals surface area contributed by atoms with Gasteiger partial charge in [0, 0.05) is 17.1 Å². The third kappa shape index (κ3) is 2.59. The third-order valence-corrected chi connectivity index (χ3v) is 4.19. The molecule has 106 valence electrons. The summed E-state index contributed by atoms with van der Waals surface area (Å²) in [5, 5.41) is 1.72. The zero-order chi connectivity index (χ0) is 15.0. The first-order valence-electron chi connectivity index (χ1n) is 6.90. The van der Waals surface area contributed by atoms with Crippen LogP contribution in [0.3, 0.4) is 0 Å². The highest BCUT2D eigenvalue weighted by Crippen LogP contribution is 2.24. The molecule has 2 nitrogen and oxygen atoms in total. The summed E-state index contributed by atoms with van der Waals surface area (Å²) in [6, 6.07) is 13.6. The van der Waals surface area contributed by atoms with E-state index in [-0.39, 0.29) is 5.78 Å². The summed E-state index contributed by atoms with van der Waals surface area (Å²) < 4.78 is 1.91. The molecule has 0 unspecified atom stereocenters. The SMILES string of the molecule is Cc1ccc(C(=O)Cn2ccc3cccc(Cl)c32)cc1C. The second kappa shape index (κ2) is 5.38. The molecule has 2 aromatic carbocycles. The topological polar surface area (TPSA) is 22.0 Å². The molecular formula is C18H16ClNO. The van der Waals surface area contributed by atoms with Crippen LogP contribution in [0, 0.1) is 13.8 Å². The number of ketones is 1. The Labute approximate surface area is 129 Å². The van der Waals surface area contributed by atoms with Crippen molar-refractivity contribution in [2.24, 2.45) is 0 Å². The number of benzene rings is 2.